The molecule has 0 aliphatic carbocycles. The van der Waals surface area contributed by atoms with Crippen LogP contribution in [0.5, 0.6) is 0 Å². The van der Waals surface area contributed by atoms with E-state index in [-0.39, 0.29) is 0 Å². The third-order valence-corrected chi connectivity index (χ3v) is 4.04. The molecule has 2 aliphatic heterocycles. The van der Waals surface area contributed by atoms with Crippen LogP contribution < -0.4 is 0 Å². The van der Waals surface area contributed by atoms with Gasteiger partial charge in [0, 0.05) is 18.5 Å². The van der Waals surface area contributed by atoms with E-state index in [0.717, 1.165) is 24.7 Å². The van der Waals surface area contributed by atoms with Crippen molar-refractivity contribution in [3.8, 4) is 0 Å². The highest BCUT2D eigenvalue weighted by atomic mass is 16.1. The summed E-state index contributed by atoms with van der Waals surface area (Å²) in [6.07, 6.45) is 8.49. The number of aldehydes is 1. The van der Waals surface area contributed by atoms with Gasteiger partial charge in [-0.15, -0.1) is 0 Å². The molecule has 80 valence electrons. The van der Waals surface area contributed by atoms with E-state index < -0.39 is 0 Å². The molecule has 0 aromatic rings. The smallest absolute Gasteiger partial charge is 0.121 e. The number of carbonyl (C=O) groups is 1. The molecule has 0 N–H and O–H groups in total. The zero-order valence-corrected chi connectivity index (χ0v) is 9.11. The summed E-state index contributed by atoms with van der Waals surface area (Å²) in [5, 5.41) is 0. The molecule has 2 rings (SSSR count). The second-order valence-electron chi connectivity index (χ2n) is 4.91. The highest BCUT2D eigenvalue weighted by Crippen LogP contribution is 2.34. The molecule has 2 heterocycles. The second kappa shape index (κ2) is 4.43. The molecule has 0 aromatic heterocycles. The zero-order chi connectivity index (χ0) is 9.97. The van der Waals surface area contributed by atoms with Crippen LogP contribution in [-0.4, -0.2) is 29.8 Å². The molecule has 0 saturated carbocycles. The van der Waals surface area contributed by atoms with E-state index in [9.17, 15) is 4.79 Å². The predicted octanol–water partition coefficient (Wildman–Crippen LogP) is 2.23. The van der Waals surface area contributed by atoms with E-state index >= 15 is 0 Å². The van der Waals surface area contributed by atoms with Crippen LogP contribution in [0, 0.1) is 5.92 Å². The van der Waals surface area contributed by atoms with Crippen molar-refractivity contribution in [2.24, 2.45) is 5.92 Å². The number of nitrogens with zero attached hydrogens (tertiary/aromatic N) is 1. The monoisotopic (exact) mass is 195 g/mol. The average Bonchev–Trinajstić information content (AvgIpc) is 2.23. The van der Waals surface area contributed by atoms with Gasteiger partial charge in [0.25, 0.3) is 0 Å². The molecule has 0 bridgehead atoms. The second-order valence-corrected chi connectivity index (χ2v) is 4.91. The van der Waals surface area contributed by atoms with Gasteiger partial charge in [-0.05, 0) is 38.1 Å². The lowest BCUT2D eigenvalue weighted by Gasteiger charge is -2.47. The highest BCUT2D eigenvalue weighted by Gasteiger charge is 2.35. The van der Waals surface area contributed by atoms with Gasteiger partial charge in [-0.3, -0.25) is 4.90 Å². The van der Waals surface area contributed by atoms with E-state index in [1.54, 1.807) is 0 Å². The van der Waals surface area contributed by atoms with Crippen molar-refractivity contribution in [1.29, 1.82) is 0 Å². The number of hydrogen-bond acceptors (Lipinski definition) is 2. The van der Waals surface area contributed by atoms with Crippen LogP contribution in [0.4, 0.5) is 0 Å². The van der Waals surface area contributed by atoms with Gasteiger partial charge < -0.3 is 4.79 Å². The number of fused-ring (bicyclic) bond motifs is 1. The van der Waals surface area contributed by atoms with Crippen molar-refractivity contribution in [1.82, 2.24) is 4.90 Å². The molecule has 2 aliphatic rings. The fourth-order valence-corrected chi connectivity index (χ4v) is 3.22. The quantitative estimate of drug-likeness (QED) is 0.630. The molecular formula is C12H21NO. The van der Waals surface area contributed by atoms with E-state index in [0.29, 0.717) is 6.04 Å². The molecule has 0 spiro atoms. The molecule has 0 aromatic carbocycles. The Morgan fingerprint density at radius 2 is 2.14 bits per heavy atom. The van der Waals surface area contributed by atoms with E-state index in [2.05, 4.69) is 11.8 Å². The van der Waals surface area contributed by atoms with Crippen LogP contribution in [0.1, 0.15) is 45.4 Å². The van der Waals surface area contributed by atoms with Gasteiger partial charge in [0.15, 0.2) is 0 Å². The first kappa shape index (κ1) is 10.2. The minimum atomic E-state index is 0.564. The van der Waals surface area contributed by atoms with Crippen LogP contribution in [0.3, 0.4) is 0 Å². The van der Waals surface area contributed by atoms with E-state index in [1.807, 2.05) is 0 Å². The van der Waals surface area contributed by atoms with Crippen molar-refractivity contribution < 1.29 is 4.79 Å². The van der Waals surface area contributed by atoms with Gasteiger partial charge in [-0.25, -0.2) is 0 Å². The SMILES string of the molecule is C[C@@H]1CC[C@@H](CC=O)N2CCCC[C@@H]12. The van der Waals surface area contributed by atoms with Crippen LogP contribution in [0.25, 0.3) is 0 Å². The lowest BCUT2D eigenvalue weighted by atomic mass is 9.81. The summed E-state index contributed by atoms with van der Waals surface area (Å²) in [5.74, 6) is 0.846. The van der Waals surface area contributed by atoms with E-state index in [1.165, 1.54) is 38.6 Å². The van der Waals surface area contributed by atoms with Crippen molar-refractivity contribution in [3.63, 3.8) is 0 Å². The standard InChI is InChI=1S/C12H21NO/c1-10-5-6-11(7-9-14)13-8-3-2-4-12(10)13/h9-12H,2-8H2,1H3/t10-,11+,12+/m1/s1. The van der Waals surface area contributed by atoms with E-state index in [4.69, 9.17) is 0 Å². The lowest BCUT2D eigenvalue weighted by Crippen LogP contribution is -2.52. The van der Waals surface area contributed by atoms with Crippen molar-refractivity contribution in [2.45, 2.75) is 57.5 Å². The van der Waals surface area contributed by atoms with Gasteiger partial charge in [0.05, 0.1) is 0 Å². The summed E-state index contributed by atoms with van der Waals surface area (Å²) < 4.78 is 0. The van der Waals surface area contributed by atoms with Gasteiger partial charge >= 0.3 is 0 Å². The molecule has 2 saturated heterocycles. The summed E-state index contributed by atoms with van der Waals surface area (Å²) in [5.41, 5.74) is 0. The first-order valence-corrected chi connectivity index (χ1v) is 6.02. The van der Waals surface area contributed by atoms with Crippen LogP contribution in [-0.2, 0) is 4.79 Å². The molecule has 2 nitrogen and oxygen atoms in total. The largest absolute Gasteiger partial charge is 0.303 e. The topological polar surface area (TPSA) is 20.3 Å². The first-order valence-electron chi connectivity index (χ1n) is 6.02. The third-order valence-electron chi connectivity index (χ3n) is 4.04. The predicted molar refractivity (Wildman–Crippen MR) is 57.2 cm³/mol. The molecule has 2 fully saturated rings. The summed E-state index contributed by atoms with van der Waals surface area (Å²) >= 11 is 0. The molecular weight excluding hydrogens is 174 g/mol. The minimum absolute atomic E-state index is 0.564. The normalized spacial score (nSPS) is 39.1. The molecule has 0 amide bonds. The number of hydrogen-bond donors (Lipinski definition) is 0. The fourth-order valence-electron chi connectivity index (χ4n) is 3.22. The van der Waals surface area contributed by atoms with Crippen LogP contribution in [0.2, 0.25) is 0 Å². The minimum Gasteiger partial charge on any atom is -0.303 e. The van der Waals surface area contributed by atoms with Crippen molar-refractivity contribution in [3.05, 3.63) is 0 Å². The number of rotatable bonds is 2. The van der Waals surface area contributed by atoms with Crippen molar-refractivity contribution in [2.75, 3.05) is 6.54 Å². The maximum absolute atomic E-state index is 10.6. The Labute approximate surface area is 86.7 Å². The Morgan fingerprint density at radius 3 is 2.93 bits per heavy atom. The number of piperidine rings is 2. The molecule has 0 unspecified atom stereocenters. The lowest BCUT2D eigenvalue weighted by molar-refractivity contribution is -0.110. The molecule has 3 atom stereocenters. The first-order chi connectivity index (χ1) is 6.83. The molecule has 14 heavy (non-hydrogen) atoms. The maximum atomic E-state index is 10.6. The summed E-state index contributed by atoms with van der Waals surface area (Å²) in [4.78, 5) is 13.2. The Bertz CT molecular complexity index is 204. The highest BCUT2D eigenvalue weighted by molar-refractivity contribution is 5.50. The zero-order valence-electron chi connectivity index (χ0n) is 9.11. The van der Waals surface area contributed by atoms with Crippen LogP contribution in [0.15, 0.2) is 0 Å². The van der Waals surface area contributed by atoms with Gasteiger partial charge in [0.2, 0.25) is 0 Å². The summed E-state index contributed by atoms with van der Waals surface area (Å²) in [6.45, 7) is 3.60. The molecule has 0 radical (unpaired) electrons. The Hall–Kier alpha value is -0.370. The van der Waals surface area contributed by atoms with Crippen LogP contribution >= 0.6 is 0 Å². The average molecular weight is 195 g/mol. The number of carbonyl (C=O) groups excluding carboxylic acids is 1. The van der Waals surface area contributed by atoms with Gasteiger partial charge in [0.1, 0.15) is 6.29 Å². The Morgan fingerprint density at radius 1 is 1.29 bits per heavy atom. The third kappa shape index (κ3) is 1.85. The Kier molecular flexibility index (Phi) is 3.22. The molecule has 2 heteroatoms. The Balaban J connectivity index is 2.04. The maximum Gasteiger partial charge on any atom is 0.121 e. The summed E-state index contributed by atoms with van der Waals surface area (Å²) in [6, 6.07) is 1.34. The summed E-state index contributed by atoms with van der Waals surface area (Å²) in [7, 11) is 0. The van der Waals surface area contributed by atoms with Crippen molar-refractivity contribution >= 4 is 6.29 Å². The van der Waals surface area contributed by atoms with Gasteiger partial charge in [-0.1, -0.05) is 13.3 Å². The fraction of sp³-hybridized carbons (Fsp3) is 0.917. The van der Waals surface area contributed by atoms with Gasteiger partial charge in [-0.2, -0.15) is 0 Å².